The van der Waals surface area contributed by atoms with Crippen LogP contribution in [0.4, 0.5) is 4.39 Å². The van der Waals surface area contributed by atoms with Gasteiger partial charge < -0.3 is 14.8 Å². The minimum absolute atomic E-state index is 0.0136. The van der Waals surface area contributed by atoms with Gasteiger partial charge in [0.05, 0.1) is 19.8 Å². The molecule has 3 rings (SSSR count). The molecule has 0 amide bonds. The molecule has 1 N–H and O–H groups in total. The van der Waals surface area contributed by atoms with Crippen LogP contribution >= 0.6 is 0 Å². The van der Waals surface area contributed by atoms with Crippen LogP contribution in [0.1, 0.15) is 25.8 Å². The molecule has 0 saturated carbocycles. The van der Waals surface area contributed by atoms with Crippen LogP contribution in [0.25, 0.3) is 0 Å². The average Bonchev–Trinajstić information content (AvgIpc) is 3.04. The van der Waals surface area contributed by atoms with Crippen LogP contribution < -0.4 is 5.32 Å². The Morgan fingerprint density at radius 2 is 2.00 bits per heavy atom. The van der Waals surface area contributed by atoms with Crippen LogP contribution in [0.2, 0.25) is 0 Å². The van der Waals surface area contributed by atoms with Crippen molar-refractivity contribution in [1.29, 1.82) is 0 Å². The van der Waals surface area contributed by atoms with E-state index >= 15 is 0 Å². The highest BCUT2D eigenvalue weighted by molar-refractivity contribution is 5.28. The van der Waals surface area contributed by atoms with Crippen molar-refractivity contribution in [3.8, 4) is 0 Å². The zero-order valence-electron chi connectivity index (χ0n) is 14.8. The molecule has 2 saturated heterocycles. The van der Waals surface area contributed by atoms with Gasteiger partial charge in [0.1, 0.15) is 5.82 Å². The lowest BCUT2D eigenvalue weighted by molar-refractivity contribution is 0.0263. The molecule has 4 nitrogen and oxygen atoms in total. The van der Waals surface area contributed by atoms with E-state index in [0.717, 1.165) is 58.0 Å². The molecule has 1 aromatic rings. The normalized spacial score (nSPS) is 26.0. The molecule has 2 aliphatic heterocycles. The Hall–Kier alpha value is -1.01. The summed E-state index contributed by atoms with van der Waals surface area (Å²) in [6.07, 6.45) is 0.928. The van der Waals surface area contributed by atoms with E-state index in [1.807, 2.05) is 6.07 Å². The molecule has 0 bridgehead atoms. The van der Waals surface area contributed by atoms with Gasteiger partial charge in [0.25, 0.3) is 0 Å². The number of hydrogen-bond donors (Lipinski definition) is 1. The summed E-state index contributed by atoms with van der Waals surface area (Å²) in [6, 6.07) is 6.98. The van der Waals surface area contributed by atoms with Gasteiger partial charge in [-0.15, -0.1) is 0 Å². The third kappa shape index (κ3) is 4.33. The van der Waals surface area contributed by atoms with Crippen molar-refractivity contribution in [1.82, 2.24) is 10.2 Å². The minimum Gasteiger partial charge on any atom is -0.380 e. The number of nitrogens with zero attached hydrogens (tertiary/aromatic N) is 1. The van der Waals surface area contributed by atoms with E-state index in [1.165, 1.54) is 6.07 Å². The molecule has 1 atom stereocenters. The summed E-state index contributed by atoms with van der Waals surface area (Å²) in [6.45, 7) is 11.2. The highest BCUT2D eigenvalue weighted by Crippen LogP contribution is 2.33. The monoisotopic (exact) mass is 336 g/mol. The molecule has 1 aromatic carbocycles. The van der Waals surface area contributed by atoms with Crippen LogP contribution in [0.15, 0.2) is 24.3 Å². The average molecular weight is 336 g/mol. The summed E-state index contributed by atoms with van der Waals surface area (Å²) in [5.41, 5.74) is 0.889. The van der Waals surface area contributed by atoms with Crippen molar-refractivity contribution in [3.63, 3.8) is 0 Å². The van der Waals surface area contributed by atoms with Gasteiger partial charge in [-0.1, -0.05) is 12.1 Å². The summed E-state index contributed by atoms with van der Waals surface area (Å²) in [4.78, 5) is 2.44. The Labute approximate surface area is 144 Å². The topological polar surface area (TPSA) is 33.7 Å². The summed E-state index contributed by atoms with van der Waals surface area (Å²) in [5, 5.41) is 3.72. The quantitative estimate of drug-likeness (QED) is 0.863. The number of rotatable bonds is 6. The highest BCUT2D eigenvalue weighted by Gasteiger charge is 2.38. The number of benzene rings is 1. The second-order valence-electron chi connectivity index (χ2n) is 7.72. The Kier molecular flexibility index (Phi) is 5.55. The van der Waals surface area contributed by atoms with Crippen LogP contribution in [0.5, 0.6) is 0 Å². The lowest BCUT2D eigenvalue weighted by Gasteiger charge is -2.38. The number of nitrogens with one attached hydrogen (secondary N) is 1. The van der Waals surface area contributed by atoms with Crippen molar-refractivity contribution in [2.75, 3.05) is 52.6 Å². The summed E-state index contributed by atoms with van der Waals surface area (Å²) < 4.78 is 24.8. The van der Waals surface area contributed by atoms with E-state index in [9.17, 15) is 4.39 Å². The summed E-state index contributed by atoms with van der Waals surface area (Å²) in [7, 11) is 0. The van der Waals surface area contributed by atoms with Crippen LogP contribution in [0.3, 0.4) is 0 Å². The summed E-state index contributed by atoms with van der Waals surface area (Å²) in [5.74, 6) is -0.175. The Morgan fingerprint density at radius 3 is 2.67 bits per heavy atom. The van der Waals surface area contributed by atoms with Crippen molar-refractivity contribution in [2.45, 2.75) is 31.2 Å². The molecule has 2 aliphatic rings. The van der Waals surface area contributed by atoms with E-state index in [1.54, 1.807) is 12.1 Å². The molecule has 0 aliphatic carbocycles. The molecule has 0 aromatic heterocycles. The first kappa shape index (κ1) is 17.8. The fraction of sp³-hybridized carbons (Fsp3) is 0.684. The van der Waals surface area contributed by atoms with Gasteiger partial charge in [-0.05, 0) is 38.0 Å². The Bertz CT molecular complexity index is 538. The first-order chi connectivity index (χ1) is 11.5. The van der Waals surface area contributed by atoms with E-state index in [-0.39, 0.29) is 16.8 Å². The van der Waals surface area contributed by atoms with Crippen LogP contribution in [-0.4, -0.2) is 63.0 Å². The smallest absolute Gasteiger partial charge is 0.123 e. The van der Waals surface area contributed by atoms with Gasteiger partial charge in [0.15, 0.2) is 0 Å². The van der Waals surface area contributed by atoms with E-state index in [0.29, 0.717) is 6.61 Å². The summed E-state index contributed by atoms with van der Waals surface area (Å²) >= 11 is 0. The number of hydrogen-bond acceptors (Lipinski definition) is 4. The molecule has 134 valence electrons. The maximum atomic E-state index is 13.7. The number of halogens is 1. The number of ether oxygens (including phenoxy) is 2. The first-order valence-electron chi connectivity index (χ1n) is 8.88. The van der Waals surface area contributed by atoms with Crippen molar-refractivity contribution < 1.29 is 13.9 Å². The third-order valence-corrected chi connectivity index (χ3v) is 5.17. The van der Waals surface area contributed by atoms with Gasteiger partial charge in [-0.2, -0.15) is 0 Å². The van der Waals surface area contributed by atoms with Crippen molar-refractivity contribution in [3.05, 3.63) is 35.6 Å². The maximum Gasteiger partial charge on any atom is 0.123 e. The molecule has 2 heterocycles. The fourth-order valence-corrected chi connectivity index (χ4v) is 3.68. The molecule has 5 heteroatoms. The first-order valence-corrected chi connectivity index (χ1v) is 8.88. The van der Waals surface area contributed by atoms with Gasteiger partial charge in [-0.3, -0.25) is 4.90 Å². The van der Waals surface area contributed by atoms with E-state index < -0.39 is 0 Å². The molecule has 0 spiro atoms. The largest absolute Gasteiger partial charge is 0.380 e. The van der Waals surface area contributed by atoms with Crippen LogP contribution in [0, 0.1) is 5.82 Å². The van der Waals surface area contributed by atoms with Gasteiger partial charge in [0, 0.05) is 43.7 Å². The predicted molar refractivity (Wildman–Crippen MR) is 92.9 cm³/mol. The second kappa shape index (κ2) is 7.48. The standard InChI is InChI=1S/C19H29FN2O2/c1-18(2,14-22-7-10-23-11-8-22)21-13-19(6-9-24-15-19)16-4-3-5-17(20)12-16/h3-5,12,21H,6-11,13-15H2,1-2H3/t19-/m0/s1. The van der Waals surface area contributed by atoms with E-state index in [2.05, 4.69) is 24.1 Å². The van der Waals surface area contributed by atoms with Gasteiger partial charge in [-0.25, -0.2) is 4.39 Å². The van der Waals surface area contributed by atoms with Crippen LogP contribution in [-0.2, 0) is 14.9 Å². The molecular weight excluding hydrogens is 307 g/mol. The van der Waals surface area contributed by atoms with Crippen molar-refractivity contribution >= 4 is 0 Å². The zero-order valence-corrected chi connectivity index (χ0v) is 14.8. The molecule has 2 fully saturated rings. The lowest BCUT2D eigenvalue weighted by Crippen LogP contribution is -2.55. The third-order valence-electron chi connectivity index (χ3n) is 5.17. The molecule has 0 unspecified atom stereocenters. The highest BCUT2D eigenvalue weighted by atomic mass is 19.1. The van der Waals surface area contributed by atoms with Gasteiger partial charge in [0.2, 0.25) is 0 Å². The Morgan fingerprint density at radius 1 is 1.21 bits per heavy atom. The molecule has 0 radical (unpaired) electrons. The minimum atomic E-state index is -0.175. The SMILES string of the molecule is CC(C)(CN1CCOCC1)NC[C@@]1(c2cccc(F)c2)CCOC1. The molecule has 24 heavy (non-hydrogen) atoms. The second-order valence-corrected chi connectivity index (χ2v) is 7.72. The lowest BCUT2D eigenvalue weighted by atomic mass is 9.79. The zero-order chi connectivity index (χ0) is 17.0. The molecular formula is C19H29FN2O2. The Balaban J connectivity index is 1.65. The number of morpholine rings is 1. The van der Waals surface area contributed by atoms with E-state index in [4.69, 9.17) is 9.47 Å². The van der Waals surface area contributed by atoms with Gasteiger partial charge >= 0.3 is 0 Å². The predicted octanol–water partition coefficient (Wildman–Crippen LogP) is 2.18. The van der Waals surface area contributed by atoms with Crippen molar-refractivity contribution in [2.24, 2.45) is 0 Å². The fourth-order valence-electron chi connectivity index (χ4n) is 3.68. The maximum absolute atomic E-state index is 13.7.